The number of amides is 1. The molecule has 0 fully saturated rings. The monoisotopic (exact) mass is 279 g/mol. The zero-order valence-corrected chi connectivity index (χ0v) is 12.1. The Morgan fingerprint density at radius 2 is 1.90 bits per heavy atom. The largest absolute Gasteiger partial charge is 0.378 e. The lowest BCUT2D eigenvalue weighted by atomic mass is 10.1. The molecule has 0 aromatic heterocycles. The van der Waals surface area contributed by atoms with Gasteiger partial charge in [0.2, 0.25) is 0 Å². The third kappa shape index (κ3) is 3.83. The van der Waals surface area contributed by atoms with E-state index in [1.165, 1.54) is 0 Å². The van der Waals surface area contributed by atoms with E-state index < -0.39 is 0 Å². The van der Waals surface area contributed by atoms with Gasteiger partial charge in [-0.25, -0.2) is 0 Å². The van der Waals surface area contributed by atoms with Gasteiger partial charge in [-0.3, -0.25) is 4.79 Å². The van der Waals surface area contributed by atoms with E-state index in [0.717, 1.165) is 11.3 Å². The van der Waals surface area contributed by atoms with Gasteiger partial charge in [-0.05, 0) is 35.9 Å². The maximum Gasteiger partial charge on any atom is 0.251 e. The van der Waals surface area contributed by atoms with E-state index in [-0.39, 0.29) is 5.91 Å². The molecular formula is C17H17N3O. The van der Waals surface area contributed by atoms with Crippen LogP contribution in [0.3, 0.4) is 0 Å². The minimum atomic E-state index is -0.108. The highest BCUT2D eigenvalue weighted by atomic mass is 16.1. The predicted octanol–water partition coefficient (Wildman–Crippen LogP) is 2.55. The average Bonchev–Trinajstić information content (AvgIpc) is 2.53. The number of nitriles is 1. The maximum atomic E-state index is 12.1. The summed E-state index contributed by atoms with van der Waals surface area (Å²) in [4.78, 5) is 14.1. The number of hydrogen-bond acceptors (Lipinski definition) is 3. The summed E-state index contributed by atoms with van der Waals surface area (Å²) in [6, 6.07) is 16.7. The number of hydrogen-bond donors (Lipinski definition) is 1. The summed E-state index contributed by atoms with van der Waals surface area (Å²) >= 11 is 0. The second kappa shape index (κ2) is 6.58. The van der Waals surface area contributed by atoms with Gasteiger partial charge in [0.05, 0.1) is 11.6 Å². The number of nitrogens with one attached hydrogen (secondary N) is 1. The Morgan fingerprint density at radius 3 is 2.52 bits per heavy atom. The number of carbonyl (C=O) groups is 1. The van der Waals surface area contributed by atoms with Crippen molar-refractivity contribution in [1.29, 1.82) is 5.26 Å². The van der Waals surface area contributed by atoms with E-state index in [1.54, 1.807) is 18.2 Å². The summed E-state index contributed by atoms with van der Waals surface area (Å²) in [6.07, 6.45) is 0. The van der Waals surface area contributed by atoms with Crippen LogP contribution in [0.4, 0.5) is 5.69 Å². The molecular weight excluding hydrogens is 262 g/mol. The lowest BCUT2D eigenvalue weighted by Crippen LogP contribution is -2.23. The number of anilines is 1. The molecule has 0 saturated heterocycles. The summed E-state index contributed by atoms with van der Waals surface area (Å²) < 4.78 is 0. The summed E-state index contributed by atoms with van der Waals surface area (Å²) in [5.74, 6) is -0.108. The van der Waals surface area contributed by atoms with Crippen molar-refractivity contribution in [1.82, 2.24) is 5.32 Å². The Labute approximate surface area is 124 Å². The zero-order valence-electron chi connectivity index (χ0n) is 12.1. The highest BCUT2D eigenvalue weighted by Crippen LogP contribution is 2.13. The van der Waals surface area contributed by atoms with Crippen LogP contribution in [0, 0.1) is 11.3 Å². The molecule has 0 bridgehead atoms. The predicted molar refractivity (Wildman–Crippen MR) is 83.1 cm³/mol. The Morgan fingerprint density at radius 1 is 1.19 bits per heavy atom. The second-order valence-corrected chi connectivity index (χ2v) is 4.94. The Balaban J connectivity index is 2.01. The number of carbonyl (C=O) groups excluding carboxylic acids is 1. The minimum Gasteiger partial charge on any atom is -0.378 e. The van der Waals surface area contributed by atoms with Crippen molar-refractivity contribution in [3.05, 3.63) is 65.2 Å². The average molecular weight is 279 g/mol. The van der Waals surface area contributed by atoms with E-state index in [2.05, 4.69) is 11.4 Å². The number of benzene rings is 2. The van der Waals surface area contributed by atoms with Crippen molar-refractivity contribution in [2.75, 3.05) is 19.0 Å². The maximum absolute atomic E-state index is 12.1. The van der Waals surface area contributed by atoms with Gasteiger partial charge in [-0.1, -0.05) is 18.2 Å². The minimum absolute atomic E-state index is 0.108. The molecule has 0 spiro atoms. The molecule has 0 atom stereocenters. The Hall–Kier alpha value is -2.80. The fourth-order valence-electron chi connectivity index (χ4n) is 1.91. The van der Waals surface area contributed by atoms with Gasteiger partial charge in [0.15, 0.2) is 0 Å². The Kier molecular flexibility index (Phi) is 4.57. The molecule has 2 aromatic carbocycles. The van der Waals surface area contributed by atoms with Crippen LogP contribution in [0.2, 0.25) is 0 Å². The molecule has 0 aliphatic carbocycles. The molecule has 21 heavy (non-hydrogen) atoms. The van der Waals surface area contributed by atoms with Crippen molar-refractivity contribution in [2.45, 2.75) is 6.54 Å². The molecule has 4 heteroatoms. The number of rotatable bonds is 4. The summed E-state index contributed by atoms with van der Waals surface area (Å²) in [6.45, 7) is 0.441. The van der Waals surface area contributed by atoms with Crippen LogP contribution in [-0.2, 0) is 6.54 Å². The highest BCUT2D eigenvalue weighted by molar-refractivity contribution is 5.95. The van der Waals surface area contributed by atoms with E-state index in [4.69, 9.17) is 5.26 Å². The topological polar surface area (TPSA) is 56.1 Å². The van der Waals surface area contributed by atoms with E-state index in [1.807, 2.05) is 49.3 Å². The van der Waals surface area contributed by atoms with E-state index in [0.29, 0.717) is 17.7 Å². The fraction of sp³-hybridized carbons (Fsp3) is 0.176. The van der Waals surface area contributed by atoms with Gasteiger partial charge in [-0.2, -0.15) is 5.26 Å². The smallest absolute Gasteiger partial charge is 0.251 e. The van der Waals surface area contributed by atoms with Crippen molar-refractivity contribution >= 4 is 11.6 Å². The lowest BCUT2D eigenvalue weighted by Gasteiger charge is -2.13. The van der Waals surface area contributed by atoms with Crippen LogP contribution >= 0.6 is 0 Å². The van der Waals surface area contributed by atoms with Gasteiger partial charge in [0, 0.05) is 31.9 Å². The van der Waals surface area contributed by atoms with Gasteiger partial charge < -0.3 is 10.2 Å². The van der Waals surface area contributed by atoms with Crippen molar-refractivity contribution in [3.8, 4) is 6.07 Å². The molecule has 0 aliphatic heterocycles. The SMILES string of the molecule is CN(C)c1cccc(C(=O)NCc2ccc(C#N)cc2)c1. The summed E-state index contributed by atoms with van der Waals surface area (Å²) in [5.41, 5.74) is 3.20. The van der Waals surface area contributed by atoms with Crippen LogP contribution in [-0.4, -0.2) is 20.0 Å². The molecule has 1 amide bonds. The van der Waals surface area contributed by atoms with Crippen LogP contribution in [0.1, 0.15) is 21.5 Å². The third-order valence-corrected chi connectivity index (χ3v) is 3.16. The van der Waals surface area contributed by atoms with Crippen LogP contribution in [0.15, 0.2) is 48.5 Å². The van der Waals surface area contributed by atoms with Crippen molar-refractivity contribution in [3.63, 3.8) is 0 Å². The first-order valence-corrected chi connectivity index (χ1v) is 6.65. The van der Waals surface area contributed by atoms with E-state index in [9.17, 15) is 4.79 Å². The molecule has 0 saturated carbocycles. The number of nitrogens with zero attached hydrogens (tertiary/aromatic N) is 2. The van der Waals surface area contributed by atoms with Gasteiger partial charge in [0.25, 0.3) is 5.91 Å². The van der Waals surface area contributed by atoms with Crippen LogP contribution in [0.25, 0.3) is 0 Å². The van der Waals surface area contributed by atoms with E-state index >= 15 is 0 Å². The quantitative estimate of drug-likeness (QED) is 0.935. The first-order chi connectivity index (χ1) is 10.1. The molecule has 106 valence electrons. The zero-order chi connectivity index (χ0) is 15.2. The normalized spacial score (nSPS) is 9.76. The molecule has 0 aliphatic rings. The fourth-order valence-corrected chi connectivity index (χ4v) is 1.91. The molecule has 2 rings (SSSR count). The summed E-state index contributed by atoms with van der Waals surface area (Å²) in [7, 11) is 3.88. The van der Waals surface area contributed by atoms with Gasteiger partial charge >= 0.3 is 0 Å². The summed E-state index contributed by atoms with van der Waals surface area (Å²) in [5, 5.41) is 11.6. The molecule has 0 heterocycles. The third-order valence-electron chi connectivity index (χ3n) is 3.16. The lowest BCUT2D eigenvalue weighted by molar-refractivity contribution is 0.0951. The first kappa shape index (κ1) is 14.6. The first-order valence-electron chi connectivity index (χ1n) is 6.65. The van der Waals surface area contributed by atoms with Crippen molar-refractivity contribution in [2.24, 2.45) is 0 Å². The molecule has 2 aromatic rings. The van der Waals surface area contributed by atoms with Gasteiger partial charge in [-0.15, -0.1) is 0 Å². The standard InChI is InChI=1S/C17H17N3O/c1-20(2)16-5-3-4-15(10-16)17(21)19-12-14-8-6-13(11-18)7-9-14/h3-10H,12H2,1-2H3,(H,19,21). The molecule has 4 nitrogen and oxygen atoms in total. The van der Waals surface area contributed by atoms with Gasteiger partial charge in [0.1, 0.15) is 0 Å². The van der Waals surface area contributed by atoms with Crippen molar-refractivity contribution < 1.29 is 4.79 Å². The van der Waals surface area contributed by atoms with Crippen LogP contribution < -0.4 is 10.2 Å². The van der Waals surface area contributed by atoms with Crippen LogP contribution in [0.5, 0.6) is 0 Å². The Bertz CT molecular complexity index is 669. The highest BCUT2D eigenvalue weighted by Gasteiger charge is 2.06. The second-order valence-electron chi connectivity index (χ2n) is 4.94. The molecule has 1 N–H and O–H groups in total. The molecule has 0 unspecified atom stereocenters. The molecule has 0 radical (unpaired) electrons.